The van der Waals surface area contributed by atoms with Crippen molar-refractivity contribution in [1.29, 1.82) is 0 Å². The molecule has 1 saturated heterocycles. The summed E-state index contributed by atoms with van der Waals surface area (Å²) in [6, 6.07) is 9.89. The number of hydrogen-bond acceptors (Lipinski definition) is 6. The molecule has 2 aromatic carbocycles. The van der Waals surface area contributed by atoms with Crippen LogP contribution >= 0.6 is 0 Å². The van der Waals surface area contributed by atoms with Crippen molar-refractivity contribution in [1.82, 2.24) is 4.31 Å². The highest BCUT2D eigenvalue weighted by Crippen LogP contribution is 2.22. The summed E-state index contributed by atoms with van der Waals surface area (Å²) in [5.41, 5.74) is 0.864. The molecule has 1 N–H and O–H groups in total. The predicted molar refractivity (Wildman–Crippen MR) is 102 cm³/mol. The second kappa shape index (κ2) is 8.05. The van der Waals surface area contributed by atoms with Crippen molar-refractivity contribution in [3.05, 3.63) is 63.7 Å². The number of non-ortho nitro benzene ring substituents is 1. The molecule has 0 aromatic heterocycles. The lowest BCUT2D eigenvalue weighted by molar-refractivity contribution is -0.384. The molecule has 9 nitrogen and oxygen atoms in total. The zero-order chi connectivity index (χ0) is 20.3. The number of hydrogen-bond donors (Lipinski definition) is 1. The van der Waals surface area contributed by atoms with Crippen molar-refractivity contribution in [2.75, 3.05) is 31.6 Å². The highest BCUT2D eigenvalue weighted by atomic mass is 32.2. The Balaban J connectivity index is 1.88. The number of ether oxygens (including phenoxy) is 1. The number of sulfonamides is 1. The Morgan fingerprint density at radius 2 is 1.89 bits per heavy atom. The normalized spacial score (nSPS) is 15.2. The molecular weight excluding hydrogens is 386 g/mol. The maximum absolute atomic E-state index is 12.8. The molecule has 1 amide bonds. The van der Waals surface area contributed by atoms with Gasteiger partial charge in [-0.3, -0.25) is 14.9 Å². The summed E-state index contributed by atoms with van der Waals surface area (Å²) < 4.78 is 32.1. The average molecular weight is 405 g/mol. The SMILES string of the molecule is Cc1ccc(S(=O)(=O)N2CCOCC2)cc1C(=O)Nc1cccc([N+](=O)[O-])c1. The van der Waals surface area contributed by atoms with Crippen LogP contribution in [0.25, 0.3) is 0 Å². The topological polar surface area (TPSA) is 119 Å². The van der Waals surface area contributed by atoms with Crippen LogP contribution in [0.3, 0.4) is 0 Å². The molecule has 0 radical (unpaired) electrons. The number of amides is 1. The largest absolute Gasteiger partial charge is 0.379 e. The van der Waals surface area contributed by atoms with E-state index in [0.717, 1.165) is 0 Å². The fourth-order valence-corrected chi connectivity index (χ4v) is 4.27. The molecule has 28 heavy (non-hydrogen) atoms. The number of carbonyl (C=O) groups excluding carboxylic acids is 1. The predicted octanol–water partition coefficient (Wildman–Crippen LogP) is 2.18. The smallest absolute Gasteiger partial charge is 0.271 e. The molecule has 1 heterocycles. The Hall–Kier alpha value is -2.82. The van der Waals surface area contributed by atoms with Gasteiger partial charge in [-0.15, -0.1) is 0 Å². The zero-order valence-electron chi connectivity index (χ0n) is 15.1. The van der Waals surface area contributed by atoms with E-state index in [1.807, 2.05) is 0 Å². The summed E-state index contributed by atoms with van der Waals surface area (Å²) in [7, 11) is -3.74. The third-order valence-electron chi connectivity index (χ3n) is 4.38. The molecule has 1 fully saturated rings. The maximum Gasteiger partial charge on any atom is 0.271 e. The van der Waals surface area contributed by atoms with Gasteiger partial charge in [0.1, 0.15) is 0 Å². The van der Waals surface area contributed by atoms with E-state index in [9.17, 15) is 23.3 Å². The molecule has 0 atom stereocenters. The van der Waals surface area contributed by atoms with E-state index in [0.29, 0.717) is 18.8 Å². The van der Waals surface area contributed by atoms with Gasteiger partial charge in [0, 0.05) is 36.5 Å². The third-order valence-corrected chi connectivity index (χ3v) is 6.27. The van der Waals surface area contributed by atoms with E-state index in [2.05, 4.69) is 5.32 Å². The van der Waals surface area contributed by atoms with E-state index < -0.39 is 20.9 Å². The van der Waals surface area contributed by atoms with Gasteiger partial charge in [-0.2, -0.15) is 4.31 Å². The summed E-state index contributed by atoms with van der Waals surface area (Å²) in [5.74, 6) is -0.544. The first-order valence-electron chi connectivity index (χ1n) is 8.53. The van der Waals surface area contributed by atoms with Crippen molar-refractivity contribution in [2.45, 2.75) is 11.8 Å². The number of nitro groups is 1. The number of anilines is 1. The number of nitrogens with one attached hydrogen (secondary N) is 1. The summed E-state index contributed by atoms with van der Waals surface area (Å²) in [6.45, 7) is 2.85. The molecule has 0 bridgehead atoms. The number of nitrogens with zero attached hydrogens (tertiary/aromatic N) is 2. The Kier molecular flexibility index (Phi) is 5.73. The first-order valence-corrected chi connectivity index (χ1v) is 9.97. The second-order valence-electron chi connectivity index (χ2n) is 6.25. The number of rotatable bonds is 5. The lowest BCUT2D eigenvalue weighted by Gasteiger charge is -2.26. The molecule has 1 aliphatic heterocycles. The molecule has 148 valence electrons. The summed E-state index contributed by atoms with van der Waals surface area (Å²) in [6.07, 6.45) is 0. The minimum absolute atomic E-state index is 0.0178. The lowest BCUT2D eigenvalue weighted by Crippen LogP contribution is -2.40. The van der Waals surface area contributed by atoms with Gasteiger partial charge in [0.05, 0.1) is 23.0 Å². The second-order valence-corrected chi connectivity index (χ2v) is 8.19. The molecule has 0 saturated carbocycles. The summed E-state index contributed by atoms with van der Waals surface area (Å²) in [4.78, 5) is 23.0. The van der Waals surface area contributed by atoms with E-state index in [4.69, 9.17) is 4.74 Å². The van der Waals surface area contributed by atoms with E-state index in [1.54, 1.807) is 13.0 Å². The Labute approximate surface area is 162 Å². The summed E-state index contributed by atoms with van der Waals surface area (Å²) in [5, 5.41) is 13.5. The van der Waals surface area contributed by atoms with Gasteiger partial charge in [0.2, 0.25) is 10.0 Å². The van der Waals surface area contributed by atoms with Gasteiger partial charge in [-0.05, 0) is 30.7 Å². The highest BCUT2D eigenvalue weighted by Gasteiger charge is 2.27. The van der Waals surface area contributed by atoms with E-state index >= 15 is 0 Å². The number of aryl methyl sites for hydroxylation is 1. The molecule has 0 aliphatic carbocycles. The Bertz CT molecular complexity index is 1020. The van der Waals surface area contributed by atoms with Crippen LogP contribution in [0, 0.1) is 17.0 Å². The molecule has 1 aliphatic rings. The zero-order valence-corrected chi connectivity index (χ0v) is 15.9. The van der Waals surface area contributed by atoms with Crippen LogP contribution < -0.4 is 5.32 Å². The molecule has 0 unspecified atom stereocenters. The Morgan fingerprint density at radius 3 is 2.57 bits per heavy atom. The van der Waals surface area contributed by atoms with E-state index in [-0.39, 0.29) is 34.9 Å². The van der Waals surface area contributed by atoms with Gasteiger partial charge < -0.3 is 10.1 Å². The van der Waals surface area contributed by atoms with Crippen molar-refractivity contribution >= 4 is 27.3 Å². The average Bonchev–Trinajstić information content (AvgIpc) is 2.69. The molecule has 0 spiro atoms. The van der Waals surface area contributed by atoms with Crippen LogP contribution in [0.2, 0.25) is 0 Å². The first kappa shape index (κ1) is 19.9. The van der Waals surface area contributed by atoms with Crippen LogP contribution in [0.5, 0.6) is 0 Å². The van der Waals surface area contributed by atoms with Crippen LogP contribution in [0.15, 0.2) is 47.4 Å². The number of nitro benzene ring substituents is 1. The minimum atomic E-state index is -3.74. The van der Waals surface area contributed by atoms with Gasteiger partial charge in [-0.1, -0.05) is 12.1 Å². The molecular formula is C18H19N3O6S. The number of morpholine rings is 1. The first-order chi connectivity index (χ1) is 13.3. The third kappa shape index (κ3) is 4.19. The van der Waals surface area contributed by atoms with Crippen molar-refractivity contribution < 1.29 is 22.9 Å². The van der Waals surface area contributed by atoms with Gasteiger partial charge >= 0.3 is 0 Å². The Morgan fingerprint density at radius 1 is 1.18 bits per heavy atom. The van der Waals surface area contributed by atoms with Crippen LogP contribution in [0.1, 0.15) is 15.9 Å². The molecule has 10 heteroatoms. The van der Waals surface area contributed by atoms with Gasteiger partial charge in [-0.25, -0.2) is 8.42 Å². The van der Waals surface area contributed by atoms with Crippen molar-refractivity contribution in [3.63, 3.8) is 0 Å². The highest BCUT2D eigenvalue weighted by molar-refractivity contribution is 7.89. The van der Waals surface area contributed by atoms with Crippen LogP contribution in [-0.4, -0.2) is 49.9 Å². The van der Waals surface area contributed by atoms with Crippen LogP contribution in [-0.2, 0) is 14.8 Å². The fourth-order valence-electron chi connectivity index (χ4n) is 2.84. The monoisotopic (exact) mass is 405 g/mol. The maximum atomic E-state index is 12.8. The minimum Gasteiger partial charge on any atom is -0.379 e. The van der Waals surface area contributed by atoms with Gasteiger partial charge in [0.25, 0.3) is 11.6 Å². The summed E-state index contributed by atoms with van der Waals surface area (Å²) >= 11 is 0. The quantitative estimate of drug-likeness (QED) is 0.601. The molecule has 3 rings (SSSR count). The number of benzene rings is 2. The fraction of sp³-hybridized carbons (Fsp3) is 0.278. The van der Waals surface area contributed by atoms with Gasteiger partial charge in [0.15, 0.2) is 0 Å². The standard InChI is InChI=1S/C18H19N3O6S/c1-13-5-6-16(28(25,26)20-7-9-27-10-8-20)12-17(13)18(22)19-14-3-2-4-15(11-14)21(23)24/h2-6,11-12H,7-10H2,1H3,(H,19,22). The van der Waals surface area contributed by atoms with Crippen molar-refractivity contribution in [3.8, 4) is 0 Å². The molecule has 2 aromatic rings. The van der Waals surface area contributed by atoms with E-state index in [1.165, 1.54) is 40.7 Å². The lowest BCUT2D eigenvalue weighted by atomic mass is 10.1. The number of carbonyl (C=O) groups is 1. The van der Waals surface area contributed by atoms with Crippen molar-refractivity contribution in [2.24, 2.45) is 0 Å². The van der Waals surface area contributed by atoms with Crippen LogP contribution in [0.4, 0.5) is 11.4 Å².